The molecule has 1 aliphatic rings. The fourth-order valence-electron chi connectivity index (χ4n) is 0.593. The zero-order valence-corrected chi connectivity index (χ0v) is 5.54. The van der Waals surface area contributed by atoms with Gasteiger partial charge >= 0.3 is 0 Å². The summed E-state index contributed by atoms with van der Waals surface area (Å²) in [5.74, 6) is 2.07. The predicted octanol–water partition coefficient (Wildman–Crippen LogP) is -0.120. The van der Waals surface area contributed by atoms with Gasteiger partial charge in [0.2, 0.25) is 0 Å². The summed E-state index contributed by atoms with van der Waals surface area (Å²) < 4.78 is 0. The molecule has 3 atom stereocenters. The van der Waals surface area contributed by atoms with Gasteiger partial charge in [0.1, 0.15) is 0 Å². The monoisotopic (exact) mass is 131 g/mol. The Bertz CT molecular complexity index is 105. The highest BCUT2D eigenvalue weighted by Crippen LogP contribution is 2.33. The van der Waals surface area contributed by atoms with Crippen molar-refractivity contribution in [3.05, 3.63) is 11.9 Å². The molecule has 3 N–H and O–H groups in total. The van der Waals surface area contributed by atoms with Crippen molar-refractivity contribution >= 4 is 8.58 Å². The molecule has 0 fully saturated rings. The quantitative estimate of drug-likeness (QED) is 0.513. The molecule has 0 radical (unpaired) electrons. The van der Waals surface area contributed by atoms with Crippen LogP contribution in [0.15, 0.2) is 11.9 Å². The molecule has 1 rings (SSSR count). The second-order valence-corrected chi connectivity index (χ2v) is 3.19. The Balaban J connectivity index is 2.25. The Morgan fingerprint density at radius 1 is 1.88 bits per heavy atom. The smallest absolute Gasteiger partial charge is 0.0764 e. The third kappa shape index (κ3) is 1.08. The number of aliphatic hydroxyl groups is 1. The lowest BCUT2D eigenvalue weighted by molar-refractivity contribution is 0.189. The first-order valence-corrected chi connectivity index (χ1v) is 3.81. The van der Waals surface area contributed by atoms with Crippen molar-refractivity contribution in [3.63, 3.8) is 0 Å². The van der Waals surface area contributed by atoms with Gasteiger partial charge in [0.25, 0.3) is 0 Å². The van der Waals surface area contributed by atoms with Crippen LogP contribution in [0.3, 0.4) is 0 Å². The second kappa shape index (κ2) is 2.58. The summed E-state index contributed by atoms with van der Waals surface area (Å²) in [6.45, 7) is 0.391. The van der Waals surface area contributed by atoms with Crippen LogP contribution in [0.2, 0.25) is 0 Å². The lowest BCUT2D eigenvalue weighted by Gasteiger charge is -2.22. The van der Waals surface area contributed by atoms with E-state index >= 15 is 0 Å². The summed E-state index contributed by atoms with van der Waals surface area (Å²) in [6.07, 6.45) is 1.72. The van der Waals surface area contributed by atoms with E-state index in [0.717, 1.165) is 8.58 Å². The van der Waals surface area contributed by atoms with Crippen LogP contribution < -0.4 is 5.73 Å². The molecule has 0 aromatic heterocycles. The number of aliphatic hydroxyl groups excluding tert-OH is 1. The van der Waals surface area contributed by atoms with E-state index in [1.807, 2.05) is 6.08 Å². The summed E-state index contributed by atoms with van der Waals surface area (Å²) >= 11 is 0. The average Bonchev–Trinajstić information content (AvgIpc) is 1.62. The molecule has 0 spiro atoms. The zero-order chi connectivity index (χ0) is 5.98. The molecule has 0 saturated heterocycles. The third-order valence-electron chi connectivity index (χ3n) is 1.25. The van der Waals surface area contributed by atoms with Gasteiger partial charge < -0.3 is 10.8 Å². The molecular weight excluding hydrogens is 121 g/mol. The van der Waals surface area contributed by atoms with Crippen LogP contribution in [0.25, 0.3) is 0 Å². The molecule has 3 unspecified atom stereocenters. The van der Waals surface area contributed by atoms with Crippen LogP contribution in [-0.2, 0) is 0 Å². The van der Waals surface area contributed by atoms with Gasteiger partial charge in [-0.3, -0.25) is 0 Å². The first kappa shape index (κ1) is 6.21. The van der Waals surface area contributed by atoms with Gasteiger partial charge in [-0.1, -0.05) is 20.5 Å². The summed E-state index contributed by atoms with van der Waals surface area (Å²) in [6, 6.07) is 0. The molecule has 46 valence electrons. The lowest BCUT2D eigenvalue weighted by Crippen LogP contribution is -2.30. The molecule has 0 aromatic rings. The molecule has 0 saturated carbocycles. The van der Waals surface area contributed by atoms with E-state index in [1.165, 1.54) is 0 Å². The van der Waals surface area contributed by atoms with Gasteiger partial charge in [-0.25, -0.2) is 0 Å². The molecule has 0 amide bonds. The molecule has 1 aliphatic heterocycles. The molecular formula is C5H10NOP. The molecule has 3 heteroatoms. The van der Waals surface area contributed by atoms with Crippen molar-refractivity contribution in [1.82, 2.24) is 0 Å². The van der Waals surface area contributed by atoms with E-state index in [4.69, 9.17) is 10.8 Å². The van der Waals surface area contributed by atoms with Crippen LogP contribution in [-0.4, -0.2) is 23.4 Å². The number of hydrogen-bond acceptors (Lipinski definition) is 2. The largest absolute Gasteiger partial charge is 0.391 e. The summed E-state index contributed by atoms with van der Waals surface area (Å²) in [7, 11) is 0.789. The SMILES string of the molecule is NCC(O)C1C=CP1. The minimum Gasteiger partial charge on any atom is -0.391 e. The fourth-order valence-corrected chi connectivity index (χ4v) is 1.37. The fraction of sp³-hybridized carbons (Fsp3) is 0.600. The maximum atomic E-state index is 9.01. The van der Waals surface area contributed by atoms with Crippen LogP contribution in [0.4, 0.5) is 0 Å². The van der Waals surface area contributed by atoms with Crippen LogP contribution >= 0.6 is 8.58 Å². The maximum Gasteiger partial charge on any atom is 0.0764 e. The molecule has 1 heterocycles. The van der Waals surface area contributed by atoms with Gasteiger partial charge in [0, 0.05) is 12.2 Å². The van der Waals surface area contributed by atoms with E-state index < -0.39 is 0 Å². The first-order valence-electron chi connectivity index (χ1n) is 2.65. The summed E-state index contributed by atoms with van der Waals surface area (Å²) in [4.78, 5) is 0. The van der Waals surface area contributed by atoms with E-state index in [-0.39, 0.29) is 6.10 Å². The Morgan fingerprint density at radius 2 is 2.50 bits per heavy atom. The second-order valence-electron chi connectivity index (χ2n) is 1.85. The molecule has 0 bridgehead atoms. The van der Waals surface area contributed by atoms with Gasteiger partial charge in [-0.05, 0) is 0 Å². The van der Waals surface area contributed by atoms with Crippen molar-refractivity contribution < 1.29 is 5.11 Å². The van der Waals surface area contributed by atoms with Crippen LogP contribution in [0.1, 0.15) is 0 Å². The van der Waals surface area contributed by atoms with E-state index in [2.05, 4.69) is 5.82 Å². The third-order valence-corrected chi connectivity index (χ3v) is 2.60. The Labute approximate surface area is 50.6 Å². The minimum absolute atomic E-state index is 0.293. The van der Waals surface area contributed by atoms with Crippen molar-refractivity contribution in [1.29, 1.82) is 0 Å². The molecule has 8 heavy (non-hydrogen) atoms. The highest BCUT2D eigenvalue weighted by atomic mass is 31.1. The van der Waals surface area contributed by atoms with Crippen LogP contribution in [0, 0.1) is 0 Å². The summed E-state index contributed by atoms with van der Waals surface area (Å²) in [5, 5.41) is 9.01. The van der Waals surface area contributed by atoms with E-state index in [9.17, 15) is 0 Å². The standard InChI is InChI=1S/C5H10NOP/c6-3-4(7)5-1-2-8-5/h1-2,4-5,7-8H,3,6H2. The highest BCUT2D eigenvalue weighted by Gasteiger charge is 2.17. The van der Waals surface area contributed by atoms with Crippen molar-refractivity contribution in [2.75, 3.05) is 6.54 Å². The number of hydrogen-bond donors (Lipinski definition) is 2. The first-order chi connectivity index (χ1) is 3.84. The normalized spacial score (nSPS) is 32.5. The van der Waals surface area contributed by atoms with Crippen molar-refractivity contribution in [2.45, 2.75) is 11.8 Å². The van der Waals surface area contributed by atoms with Crippen molar-refractivity contribution in [2.24, 2.45) is 5.73 Å². The topological polar surface area (TPSA) is 46.2 Å². The molecule has 2 nitrogen and oxygen atoms in total. The van der Waals surface area contributed by atoms with E-state index in [0.29, 0.717) is 12.2 Å². The van der Waals surface area contributed by atoms with Crippen molar-refractivity contribution in [3.8, 4) is 0 Å². The number of nitrogens with two attached hydrogens (primary N) is 1. The average molecular weight is 131 g/mol. The molecule has 0 aliphatic carbocycles. The number of rotatable bonds is 2. The van der Waals surface area contributed by atoms with E-state index in [1.54, 1.807) is 0 Å². The Morgan fingerprint density at radius 3 is 2.62 bits per heavy atom. The Kier molecular flexibility index (Phi) is 2.01. The highest BCUT2D eigenvalue weighted by molar-refractivity contribution is 7.44. The lowest BCUT2D eigenvalue weighted by atomic mass is 10.2. The molecule has 0 aromatic carbocycles. The van der Waals surface area contributed by atoms with Gasteiger partial charge in [0.15, 0.2) is 0 Å². The van der Waals surface area contributed by atoms with Gasteiger partial charge in [-0.2, -0.15) is 0 Å². The predicted molar refractivity (Wildman–Crippen MR) is 36.3 cm³/mol. The summed E-state index contributed by atoms with van der Waals surface area (Å²) in [5.41, 5.74) is 5.58. The van der Waals surface area contributed by atoms with Gasteiger partial charge in [-0.15, -0.1) is 0 Å². The Hall–Kier alpha value is 0.0900. The van der Waals surface area contributed by atoms with Crippen LogP contribution in [0.5, 0.6) is 0 Å². The van der Waals surface area contributed by atoms with Gasteiger partial charge in [0.05, 0.1) is 6.10 Å². The maximum absolute atomic E-state index is 9.01. The zero-order valence-electron chi connectivity index (χ0n) is 4.54. The minimum atomic E-state index is -0.293.